The largest absolute Gasteiger partial charge is 0.375 e. The maximum Gasteiger partial charge on any atom is 0.322 e. The number of nitrogens with zero attached hydrogens (tertiary/aromatic N) is 5. The van der Waals surface area contributed by atoms with Gasteiger partial charge in [-0.1, -0.05) is 0 Å². The van der Waals surface area contributed by atoms with E-state index in [0.29, 0.717) is 49.8 Å². The number of carbonyl (C=O) groups excluding carboxylic acids is 3. The number of amides is 4. The van der Waals surface area contributed by atoms with Crippen LogP contribution in [0.15, 0.2) is 18.3 Å². The van der Waals surface area contributed by atoms with Gasteiger partial charge in [0.15, 0.2) is 17.5 Å². The van der Waals surface area contributed by atoms with Gasteiger partial charge in [0.1, 0.15) is 0 Å². The summed E-state index contributed by atoms with van der Waals surface area (Å²) in [6.07, 6.45) is 1.57. The first-order valence-electron chi connectivity index (χ1n) is 12.1. The van der Waals surface area contributed by atoms with Gasteiger partial charge in [-0.3, -0.25) is 14.3 Å². The lowest BCUT2D eigenvalue weighted by atomic mass is 10.1. The molecular formula is C24H27F3N6O4. The van der Waals surface area contributed by atoms with E-state index in [2.05, 4.69) is 10.4 Å². The van der Waals surface area contributed by atoms with Gasteiger partial charge in [0.2, 0.25) is 11.8 Å². The highest BCUT2D eigenvalue weighted by Gasteiger charge is 2.41. The van der Waals surface area contributed by atoms with E-state index < -0.39 is 29.4 Å². The minimum atomic E-state index is -1.62. The lowest BCUT2D eigenvalue weighted by Crippen LogP contribution is -2.47. The fourth-order valence-electron chi connectivity index (χ4n) is 5.09. The Hall–Kier alpha value is -3.61. The molecule has 10 nitrogen and oxygen atoms in total. The predicted octanol–water partition coefficient (Wildman–Crippen LogP) is 2.34. The number of rotatable bonds is 3. The molecule has 3 atom stereocenters. The number of carbonyl (C=O) groups is 3. The van der Waals surface area contributed by atoms with Crippen LogP contribution in [0.5, 0.6) is 0 Å². The summed E-state index contributed by atoms with van der Waals surface area (Å²) in [6, 6.07) is 0.437. The SMILES string of the molecule is C[C@@H]1CN(C(=O)C2CC(=O)N(c3cnn4c3CN(C(=O)Nc3cc(F)c(F)c(F)c3)[C@@H](C)C4)C2)CCO1. The third kappa shape index (κ3) is 4.75. The quantitative estimate of drug-likeness (QED) is 0.627. The zero-order valence-electron chi connectivity index (χ0n) is 20.4. The summed E-state index contributed by atoms with van der Waals surface area (Å²) in [6.45, 7) is 5.71. The van der Waals surface area contributed by atoms with Crippen LogP contribution in [0, 0.1) is 23.4 Å². The molecule has 0 bridgehead atoms. The third-order valence-electron chi connectivity index (χ3n) is 7.03. The second-order valence-electron chi connectivity index (χ2n) is 9.69. The average Bonchev–Trinajstić information content (AvgIpc) is 3.43. The zero-order chi connectivity index (χ0) is 26.4. The van der Waals surface area contributed by atoms with Crippen LogP contribution in [0.25, 0.3) is 0 Å². The second kappa shape index (κ2) is 9.69. The van der Waals surface area contributed by atoms with E-state index in [-0.39, 0.29) is 49.2 Å². The first-order valence-corrected chi connectivity index (χ1v) is 12.1. The standard InChI is InChI=1S/C24H27F3N6O4/c1-13-9-33-20(12-31(13)24(36)29-16-6-17(25)22(27)18(26)7-16)19(8-28-33)32-11-15(5-21(32)34)23(35)30-3-4-37-14(2)10-30/h6-8,13-15H,3-5,9-12H2,1-2H3,(H,29,36)/t13-,14+,15?/m0/s1. The molecular weight excluding hydrogens is 493 g/mol. The maximum atomic E-state index is 13.6. The predicted molar refractivity (Wildman–Crippen MR) is 125 cm³/mol. The highest BCUT2D eigenvalue weighted by atomic mass is 19.2. The maximum absolute atomic E-state index is 13.6. The molecule has 0 aliphatic carbocycles. The average molecular weight is 521 g/mol. The summed E-state index contributed by atoms with van der Waals surface area (Å²) in [5.74, 6) is -5.22. The van der Waals surface area contributed by atoms with Crippen LogP contribution in [-0.2, 0) is 27.4 Å². The molecule has 0 saturated carbocycles. The normalized spacial score (nSPS) is 23.9. The van der Waals surface area contributed by atoms with Gasteiger partial charge in [0.05, 0.1) is 55.3 Å². The molecule has 13 heteroatoms. The molecule has 3 aliphatic heterocycles. The number of hydrogen-bond donors (Lipinski definition) is 1. The van der Waals surface area contributed by atoms with Crippen molar-refractivity contribution in [1.82, 2.24) is 19.6 Å². The van der Waals surface area contributed by atoms with Gasteiger partial charge in [-0.05, 0) is 13.8 Å². The Kier molecular flexibility index (Phi) is 6.56. The van der Waals surface area contributed by atoms with E-state index in [1.807, 2.05) is 6.92 Å². The molecule has 37 heavy (non-hydrogen) atoms. The molecule has 4 heterocycles. The van der Waals surface area contributed by atoms with Gasteiger partial charge in [-0.25, -0.2) is 18.0 Å². The van der Waals surface area contributed by atoms with Gasteiger partial charge in [0.25, 0.3) is 0 Å². The molecule has 198 valence electrons. The number of anilines is 2. The first-order chi connectivity index (χ1) is 17.6. The molecule has 1 unspecified atom stereocenters. The van der Waals surface area contributed by atoms with Crippen molar-refractivity contribution in [3.05, 3.63) is 41.5 Å². The minimum Gasteiger partial charge on any atom is -0.375 e. The third-order valence-corrected chi connectivity index (χ3v) is 7.03. The van der Waals surface area contributed by atoms with Gasteiger partial charge in [-0.2, -0.15) is 5.10 Å². The number of morpholine rings is 1. The fourth-order valence-corrected chi connectivity index (χ4v) is 5.09. The van der Waals surface area contributed by atoms with E-state index in [4.69, 9.17) is 4.74 Å². The van der Waals surface area contributed by atoms with Gasteiger partial charge >= 0.3 is 6.03 Å². The van der Waals surface area contributed by atoms with Gasteiger partial charge in [-0.15, -0.1) is 0 Å². The van der Waals surface area contributed by atoms with Crippen molar-refractivity contribution in [3.8, 4) is 0 Å². The van der Waals surface area contributed by atoms with Gasteiger partial charge in [0, 0.05) is 43.9 Å². The van der Waals surface area contributed by atoms with E-state index in [1.54, 1.807) is 22.7 Å². The van der Waals surface area contributed by atoms with E-state index in [0.717, 1.165) is 0 Å². The molecule has 0 spiro atoms. The molecule has 1 N–H and O–H groups in total. The number of fused-ring (bicyclic) bond motifs is 1. The lowest BCUT2D eigenvalue weighted by Gasteiger charge is -2.35. The molecule has 2 saturated heterocycles. The monoisotopic (exact) mass is 520 g/mol. The van der Waals surface area contributed by atoms with Crippen molar-refractivity contribution in [2.45, 2.75) is 45.5 Å². The molecule has 1 aromatic heterocycles. The molecule has 0 radical (unpaired) electrons. The van der Waals surface area contributed by atoms with Crippen LogP contribution in [0.2, 0.25) is 0 Å². The Morgan fingerprint density at radius 1 is 1.11 bits per heavy atom. The van der Waals surface area contributed by atoms with E-state index in [1.165, 1.54) is 9.80 Å². The summed E-state index contributed by atoms with van der Waals surface area (Å²) >= 11 is 0. The molecule has 2 fully saturated rings. The summed E-state index contributed by atoms with van der Waals surface area (Å²) in [5.41, 5.74) is 0.895. The van der Waals surface area contributed by atoms with Crippen molar-refractivity contribution >= 4 is 29.2 Å². The summed E-state index contributed by atoms with van der Waals surface area (Å²) < 4.78 is 47.7. The van der Waals surface area contributed by atoms with Crippen LogP contribution in [0.3, 0.4) is 0 Å². The van der Waals surface area contributed by atoms with Crippen molar-refractivity contribution < 1.29 is 32.3 Å². The number of ether oxygens (including phenoxy) is 1. The Morgan fingerprint density at radius 3 is 2.54 bits per heavy atom. The van der Waals surface area contributed by atoms with Crippen LogP contribution in [0.1, 0.15) is 26.0 Å². The second-order valence-corrected chi connectivity index (χ2v) is 9.69. The Morgan fingerprint density at radius 2 is 1.84 bits per heavy atom. The molecule has 4 amide bonds. The Bertz CT molecular complexity index is 1230. The van der Waals surface area contributed by atoms with Crippen LogP contribution in [0.4, 0.5) is 29.3 Å². The van der Waals surface area contributed by atoms with Crippen LogP contribution < -0.4 is 10.2 Å². The molecule has 1 aromatic carbocycles. The number of aromatic nitrogens is 2. The number of urea groups is 1. The van der Waals surface area contributed by atoms with Crippen molar-refractivity contribution in [3.63, 3.8) is 0 Å². The molecule has 5 rings (SSSR count). The lowest BCUT2D eigenvalue weighted by molar-refractivity contribution is -0.142. The number of hydrogen-bond acceptors (Lipinski definition) is 5. The Balaban J connectivity index is 1.31. The van der Waals surface area contributed by atoms with Crippen molar-refractivity contribution in [1.29, 1.82) is 0 Å². The molecule has 2 aromatic rings. The minimum absolute atomic E-state index is 0.0596. The van der Waals surface area contributed by atoms with E-state index >= 15 is 0 Å². The smallest absolute Gasteiger partial charge is 0.322 e. The summed E-state index contributed by atoms with van der Waals surface area (Å²) in [4.78, 5) is 43.7. The van der Waals surface area contributed by atoms with Gasteiger partial charge < -0.3 is 24.8 Å². The van der Waals surface area contributed by atoms with Crippen molar-refractivity contribution in [2.75, 3.05) is 36.5 Å². The number of nitrogens with one attached hydrogen (secondary N) is 1. The summed E-state index contributed by atoms with van der Waals surface area (Å²) in [7, 11) is 0. The zero-order valence-corrected chi connectivity index (χ0v) is 20.4. The number of benzene rings is 1. The topological polar surface area (TPSA) is 100 Å². The highest BCUT2D eigenvalue weighted by molar-refractivity contribution is 6.00. The van der Waals surface area contributed by atoms with E-state index in [9.17, 15) is 27.6 Å². The molecule has 3 aliphatic rings. The fraction of sp³-hybridized carbons (Fsp3) is 0.500. The Labute approximate surface area is 210 Å². The van der Waals surface area contributed by atoms with Crippen LogP contribution in [-0.4, -0.2) is 75.8 Å². The van der Waals surface area contributed by atoms with Crippen molar-refractivity contribution in [2.24, 2.45) is 5.92 Å². The summed E-state index contributed by atoms with van der Waals surface area (Å²) in [5, 5.41) is 6.78. The number of halogens is 3. The highest BCUT2D eigenvalue weighted by Crippen LogP contribution is 2.33. The first kappa shape index (κ1) is 25.1. The van der Waals surface area contributed by atoms with Crippen LogP contribution >= 0.6 is 0 Å².